The van der Waals surface area contributed by atoms with Crippen molar-refractivity contribution < 1.29 is 14.3 Å². The number of benzene rings is 2. The van der Waals surface area contributed by atoms with Gasteiger partial charge in [0.25, 0.3) is 5.91 Å². The summed E-state index contributed by atoms with van der Waals surface area (Å²) in [6, 6.07) is 17.3. The van der Waals surface area contributed by atoms with Crippen molar-refractivity contribution in [3.63, 3.8) is 0 Å². The first-order chi connectivity index (χ1) is 15.2. The van der Waals surface area contributed by atoms with Gasteiger partial charge in [-0.2, -0.15) is 0 Å². The number of carbonyl (C=O) groups excluding carboxylic acids is 2. The molecular formula is C26H30N2O3. The molecule has 1 atom stereocenters. The van der Waals surface area contributed by atoms with E-state index in [1.165, 1.54) is 0 Å². The van der Waals surface area contributed by atoms with Crippen LogP contribution in [-0.4, -0.2) is 54.4 Å². The van der Waals surface area contributed by atoms with Gasteiger partial charge in [0.15, 0.2) is 0 Å². The van der Waals surface area contributed by atoms with Crippen molar-refractivity contribution in [1.82, 2.24) is 9.80 Å². The van der Waals surface area contributed by atoms with E-state index < -0.39 is 0 Å². The average molecular weight is 419 g/mol. The highest BCUT2D eigenvalue weighted by Crippen LogP contribution is 2.21. The van der Waals surface area contributed by atoms with Crippen LogP contribution in [0.4, 0.5) is 0 Å². The van der Waals surface area contributed by atoms with Crippen molar-refractivity contribution in [3.05, 3.63) is 71.8 Å². The van der Waals surface area contributed by atoms with E-state index in [1.807, 2.05) is 70.5 Å². The topological polar surface area (TPSA) is 49.9 Å². The fourth-order valence-corrected chi connectivity index (χ4v) is 4.27. The van der Waals surface area contributed by atoms with E-state index in [0.29, 0.717) is 24.6 Å². The highest BCUT2D eigenvalue weighted by Gasteiger charge is 2.23. The zero-order chi connectivity index (χ0) is 21.5. The molecule has 4 rings (SSSR count). The van der Waals surface area contributed by atoms with Crippen LogP contribution in [0.25, 0.3) is 6.08 Å². The molecule has 0 spiro atoms. The molecule has 162 valence electrons. The molecule has 0 bridgehead atoms. The van der Waals surface area contributed by atoms with Gasteiger partial charge in [-0.05, 0) is 55.5 Å². The molecular weight excluding hydrogens is 388 g/mol. The normalized spacial score (nSPS) is 19.0. The molecule has 2 fully saturated rings. The number of ether oxygens (including phenoxy) is 1. The van der Waals surface area contributed by atoms with Gasteiger partial charge in [0.1, 0.15) is 5.75 Å². The summed E-state index contributed by atoms with van der Waals surface area (Å²) in [5.41, 5.74) is 1.71. The second-order valence-corrected chi connectivity index (χ2v) is 8.37. The number of carbonyl (C=O) groups is 2. The number of amides is 2. The molecule has 2 aromatic rings. The number of nitrogens with zero attached hydrogens (tertiary/aromatic N) is 2. The van der Waals surface area contributed by atoms with Crippen LogP contribution in [0.3, 0.4) is 0 Å². The maximum atomic E-state index is 12.6. The van der Waals surface area contributed by atoms with Crippen molar-refractivity contribution in [1.29, 1.82) is 0 Å². The molecule has 31 heavy (non-hydrogen) atoms. The second kappa shape index (κ2) is 10.3. The predicted molar refractivity (Wildman–Crippen MR) is 122 cm³/mol. The molecule has 2 aromatic carbocycles. The molecule has 0 radical (unpaired) electrons. The van der Waals surface area contributed by atoms with Crippen molar-refractivity contribution in [2.24, 2.45) is 5.92 Å². The lowest BCUT2D eigenvalue weighted by Crippen LogP contribution is -2.40. The number of hydrogen-bond acceptors (Lipinski definition) is 3. The van der Waals surface area contributed by atoms with Gasteiger partial charge in [-0.3, -0.25) is 9.59 Å². The summed E-state index contributed by atoms with van der Waals surface area (Å²) < 4.78 is 6.03. The van der Waals surface area contributed by atoms with Crippen LogP contribution in [0, 0.1) is 5.92 Å². The summed E-state index contributed by atoms with van der Waals surface area (Å²) in [6.07, 6.45) is 7.71. The lowest BCUT2D eigenvalue weighted by Gasteiger charge is -2.32. The Hall–Kier alpha value is -3.08. The Bertz CT molecular complexity index is 919. The molecule has 0 saturated carbocycles. The van der Waals surface area contributed by atoms with Gasteiger partial charge < -0.3 is 14.5 Å². The molecule has 2 heterocycles. The van der Waals surface area contributed by atoms with Gasteiger partial charge in [-0.25, -0.2) is 0 Å². The molecule has 0 aromatic heterocycles. The number of hydrogen-bond donors (Lipinski definition) is 0. The van der Waals surface area contributed by atoms with Crippen molar-refractivity contribution in [3.8, 4) is 5.75 Å². The lowest BCUT2D eigenvalue weighted by atomic mass is 9.99. The molecule has 2 amide bonds. The standard InChI is InChI=1S/C26H30N2O3/c29-25(14-13-21-8-2-1-3-9-21)28-17-7-10-22(19-28)20-31-24-12-6-11-23(18-24)26(30)27-15-4-5-16-27/h1-3,6,8-9,11-14,18,22H,4-5,7,10,15-17,19-20H2/b14-13+/t22-/m0/s1. The van der Waals surface area contributed by atoms with Crippen molar-refractivity contribution in [2.75, 3.05) is 32.8 Å². The highest BCUT2D eigenvalue weighted by molar-refractivity contribution is 5.94. The highest BCUT2D eigenvalue weighted by atomic mass is 16.5. The molecule has 0 unspecified atom stereocenters. The van der Waals surface area contributed by atoms with E-state index in [9.17, 15) is 9.59 Å². The van der Waals surface area contributed by atoms with Crippen LogP contribution in [0.1, 0.15) is 41.6 Å². The minimum absolute atomic E-state index is 0.0479. The first kappa shape index (κ1) is 21.2. The fourth-order valence-electron chi connectivity index (χ4n) is 4.27. The SMILES string of the molecule is O=C(/C=C/c1ccccc1)N1CCC[C@H](COc2cccc(C(=O)N3CCCC3)c2)C1. The largest absolute Gasteiger partial charge is 0.493 e. The first-order valence-corrected chi connectivity index (χ1v) is 11.2. The summed E-state index contributed by atoms with van der Waals surface area (Å²) in [7, 11) is 0. The Kier molecular flexibility index (Phi) is 7.03. The Balaban J connectivity index is 1.30. The van der Waals surface area contributed by atoms with E-state index in [2.05, 4.69) is 0 Å². The van der Waals surface area contributed by atoms with Crippen LogP contribution < -0.4 is 4.74 Å². The quantitative estimate of drug-likeness (QED) is 0.659. The van der Waals surface area contributed by atoms with Crippen LogP contribution >= 0.6 is 0 Å². The van der Waals surface area contributed by atoms with E-state index in [-0.39, 0.29) is 11.8 Å². The number of rotatable bonds is 6. The zero-order valence-corrected chi connectivity index (χ0v) is 17.9. The number of likely N-dealkylation sites (tertiary alicyclic amines) is 2. The molecule has 2 aliphatic heterocycles. The Morgan fingerprint density at radius 3 is 2.52 bits per heavy atom. The van der Waals surface area contributed by atoms with Crippen LogP contribution in [-0.2, 0) is 4.79 Å². The van der Waals surface area contributed by atoms with Gasteiger partial charge in [-0.1, -0.05) is 36.4 Å². The van der Waals surface area contributed by atoms with Crippen LogP contribution in [0.15, 0.2) is 60.7 Å². The Labute approximate surface area is 184 Å². The third kappa shape index (κ3) is 5.75. The van der Waals surface area contributed by atoms with E-state index in [0.717, 1.165) is 56.6 Å². The van der Waals surface area contributed by atoms with Crippen molar-refractivity contribution >= 4 is 17.9 Å². The third-order valence-corrected chi connectivity index (χ3v) is 6.01. The van der Waals surface area contributed by atoms with Gasteiger partial charge in [-0.15, -0.1) is 0 Å². The summed E-state index contributed by atoms with van der Waals surface area (Å²) in [5.74, 6) is 1.15. The van der Waals surface area contributed by atoms with Gasteiger partial charge in [0.05, 0.1) is 6.61 Å². The molecule has 2 aliphatic rings. The molecule has 5 heteroatoms. The zero-order valence-electron chi connectivity index (χ0n) is 17.9. The Morgan fingerprint density at radius 1 is 0.935 bits per heavy atom. The van der Waals surface area contributed by atoms with Crippen LogP contribution in [0.2, 0.25) is 0 Å². The lowest BCUT2D eigenvalue weighted by molar-refractivity contribution is -0.127. The van der Waals surface area contributed by atoms with Gasteiger partial charge in [0.2, 0.25) is 5.91 Å². The van der Waals surface area contributed by atoms with Crippen molar-refractivity contribution in [2.45, 2.75) is 25.7 Å². The van der Waals surface area contributed by atoms with Gasteiger partial charge in [0, 0.05) is 43.7 Å². The Morgan fingerprint density at radius 2 is 1.71 bits per heavy atom. The van der Waals surface area contributed by atoms with Crippen LogP contribution in [0.5, 0.6) is 5.75 Å². The second-order valence-electron chi connectivity index (χ2n) is 8.37. The first-order valence-electron chi connectivity index (χ1n) is 11.2. The summed E-state index contributed by atoms with van der Waals surface area (Å²) in [4.78, 5) is 29.0. The molecule has 0 N–H and O–H groups in total. The number of piperidine rings is 1. The molecule has 5 nitrogen and oxygen atoms in total. The van der Waals surface area contributed by atoms with E-state index in [4.69, 9.17) is 4.74 Å². The summed E-state index contributed by atoms with van der Waals surface area (Å²) >= 11 is 0. The smallest absolute Gasteiger partial charge is 0.253 e. The monoisotopic (exact) mass is 418 g/mol. The minimum Gasteiger partial charge on any atom is -0.493 e. The molecule has 2 saturated heterocycles. The third-order valence-electron chi connectivity index (χ3n) is 6.01. The summed E-state index contributed by atoms with van der Waals surface area (Å²) in [6.45, 7) is 3.72. The van der Waals surface area contributed by atoms with E-state index >= 15 is 0 Å². The average Bonchev–Trinajstić information content (AvgIpc) is 3.37. The van der Waals surface area contributed by atoms with Gasteiger partial charge >= 0.3 is 0 Å². The predicted octanol–water partition coefficient (Wildman–Crippen LogP) is 4.25. The maximum Gasteiger partial charge on any atom is 0.253 e. The summed E-state index contributed by atoms with van der Waals surface area (Å²) in [5, 5.41) is 0. The van der Waals surface area contributed by atoms with E-state index in [1.54, 1.807) is 6.08 Å². The molecule has 0 aliphatic carbocycles. The maximum absolute atomic E-state index is 12.6. The fraction of sp³-hybridized carbons (Fsp3) is 0.385. The minimum atomic E-state index is 0.0479.